The Kier molecular flexibility index (Phi) is 4.27. The first-order valence-electron chi connectivity index (χ1n) is 6.16. The third-order valence-electron chi connectivity index (χ3n) is 2.93. The molecule has 1 aliphatic heterocycles. The van der Waals surface area contributed by atoms with Crippen molar-refractivity contribution in [1.29, 1.82) is 0 Å². The smallest absolute Gasteiger partial charge is 0.339 e. The van der Waals surface area contributed by atoms with Crippen LogP contribution in [-0.2, 0) is 9.53 Å². The fourth-order valence-corrected chi connectivity index (χ4v) is 1.94. The van der Waals surface area contributed by atoms with Gasteiger partial charge < -0.3 is 19.9 Å². The molecule has 2 N–H and O–H groups in total. The minimum atomic E-state index is -1.14. The maximum absolute atomic E-state index is 12.1. The number of ether oxygens (including phenoxy) is 2. The number of benzene rings is 1. The van der Waals surface area contributed by atoms with Gasteiger partial charge in [-0.2, -0.15) is 0 Å². The van der Waals surface area contributed by atoms with Crippen LogP contribution in [0.5, 0.6) is 5.75 Å². The molecule has 0 unspecified atom stereocenters. The zero-order valence-corrected chi connectivity index (χ0v) is 11.3. The second kappa shape index (κ2) is 6.12. The van der Waals surface area contributed by atoms with E-state index in [2.05, 4.69) is 10.1 Å². The number of aromatic carboxylic acids is 1. The van der Waals surface area contributed by atoms with E-state index < -0.39 is 18.0 Å². The number of para-hydroxylation sites is 1. The van der Waals surface area contributed by atoms with Gasteiger partial charge in [-0.1, -0.05) is 6.07 Å². The number of methoxy groups -OCH3 is 1. The van der Waals surface area contributed by atoms with Crippen molar-refractivity contribution in [2.45, 2.75) is 0 Å². The summed E-state index contributed by atoms with van der Waals surface area (Å²) in [6, 6.07) is 3.99. The van der Waals surface area contributed by atoms with Crippen LogP contribution in [0.15, 0.2) is 18.2 Å². The summed E-state index contributed by atoms with van der Waals surface area (Å²) < 4.78 is 9.78. The third kappa shape index (κ3) is 3.04. The van der Waals surface area contributed by atoms with E-state index in [-0.39, 0.29) is 31.0 Å². The SMILES string of the molecule is COC(=O)CNC(=O)N1CCOc2c(C(=O)O)cccc21. The van der Waals surface area contributed by atoms with Crippen LogP contribution in [0.4, 0.5) is 10.5 Å². The minimum absolute atomic E-state index is 0.0158. The summed E-state index contributed by atoms with van der Waals surface area (Å²) in [5.74, 6) is -1.57. The highest BCUT2D eigenvalue weighted by atomic mass is 16.5. The number of carbonyl (C=O) groups is 3. The fourth-order valence-electron chi connectivity index (χ4n) is 1.94. The fraction of sp³-hybridized carbons (Fsp3) is 0.308. The lowest BCUT2D eigenvalue weighted by molar-refractivity contribution is -0.139. The summed E-state index contributed by atoms with van der Waals surface area (Å²) in [6.07, 6.45) is 0. The zero-order valence-electron chi connectivity index (χ0n) is 11.3. The highest BCUT2D eigenvalue weighted by molar-refractivity contribution is 6.00. The maximum Gasteiger partial charge on any atom is 0.339 e. The van der Waals surface area contributed by atoms with Crippen molar-refractivity contribution >= 4 is 23.7 Å². The highest BCUT2D eigenvalue weighted by Gasteiger charge is 2.27. The number of carboxylic acid groups (broad SMARTS) is 1. The summed E-state index contributed by atoms with van der Waals surface area (Å²) >= 11 is 0. The molecule has 0 aliphatic carbocycles. The molecule has 8 heteroatoms. The maximum atomic E-state index is 12.1. The first-order chi connectivity index (χ1) is 10.0. The van der Waals surface area contributed by atoms with Gasteiger partial charge in [-0.3, -0.25) is 9.69 Å². The molecule has 0 fully saturated rings. The molecule has 0 saturated carbocycles. The number of urea groups is 1. The van der Waals surface area contributed by atoms with Gasteiger partial charge in [0.1, 0.15) is 18.7 Å². The van der Waals surface area contributed by atoms with Gasteiger partial charge in [0.05, 0.1) is 19.3 Å². The summed E-state index contributed by atoms with van der Waals surface area (Å²) in [4.78, 5) is 35.6. The molecular weight excluding hydrogens is 280 g/mol. The average Bonchev–Trinajstić information content (AvgIpc) is 2.50. The van der Waals surface area contributed by atoms with Gasteiger partial charge in [-0.25, -0.2) is 9.59 Å². The van der Waals surface area contributed by atoms with E-state index in [1.807, 2.05) is 0 Å². The molecule has 0 bridgehead atoms. The molecule has 8 nitrogen and oxygen atoms in total. The second-order valence-corrected chi connectivity index (χ2v) is 4.19. The van der Waals surface area contributed by atoms with Crippen molar-refractivity contribution in [1.82, 2.24) is 5.32 Å². The first kappa shape index (κ1) is 14.6. The van der Waals surface area contributed by atoms with Crippen molar-refractivity contribution in [2.24, 2.45) is 0 Å². The van der Waals surface area contributed by atoms with Crippen molar-refractivity contribution < 1.29 is 29.0 Å². The lowest BCUT2D eigenvalue weighted by Gasteiger charge is -2.30. The number of amides is 2. The highest BCUT2D eigenvalue weighted by Crippen LogP contribution is 2.34. The molecule has 1 aromatic carbocycles. The van der Waals surface area contributed by atoms with Crippen LogP contribution in [0, 0.1) is 0 Å². The number of fused-ring (bicyclic) bond motifs is 1. The number of nitrogens with zero attached hydrogens (tertiary/aromatic N) is 1. The monoisotopic (exact) mass is 294 g/mol. The van der Waals surface area contributed by atoms with Crippen LogP contribution >= 0.6 is 0 Å². The van der Waals surface area contributed by atoms with Crippen molar-refractivity contribution in [3.05, 3.63) is 23.8 Å². The Morgan fingerprint density at radius 3 is 2.86 bits per heavy atom. The quantitative estimate of drug-likeness (QED) is 0.785. The molecule has 1 heterocycles. The van der Waals surface area contributed by atoms with E-state index in [1.54, 1.807) is 6.07 Å². The van der Waals surface area contributed by atoms with E-state index in [0.29, 0.717) is 5.69 Å². The lowest BCUT2D eigenvalue weighted by Crippen LogP contribution is -2.46. The van der Waals surface area contributed by atoms with Crippen molar-refractivity contribution in [3.63, 3.8) is 0 Å². The molecule has 1 aromatic rings. The van der Waals surface area contributed by atoms with Gasteiger partial charge in [-0.05, 0) is 12.1 Å². The Morgan fingerprint density at radius 1 is 1.43 bits per heavy atom. The third-order valence-corrected chi connectivity index (χ3v) is 2.93. The van der Waals surface area contributed by atoms with Crippen molar-refractivity contribution in [2.75, 3.05) is 31.7 Å². The molecule has 0 spiro atoms. The van der Waals surface area contributed by atoms with Crippen LogP contribution in [0.1, 0.15) is 10.4 Å². The number of rotatable bonds is 3. The molecule has 0 atom stereocenters. The number of esters is 1. The summed E-state index contributed by atoms with van der Waals surface area (Å²) in [5, 5.41) is 11.5. The molecule has 2 rings (SSSR count). The van der Waals surface area contributed by atoms with Crippen LogP contribution in [0.2, 0.25) is 0 Å². The molecule has 0 saturated heterocycles. The standard InChI is InChI=1S/C13H14N2O6/c1-20-10(16)7-14-13(19)15-5-6-21-11-8(12(17)18)3-2-4-9(11)15/h2-4H,5-7H2,1H3,(H,14,19)(H,17,18). The largest absolute Gasteiger partial charge is 0.489 e. The first-order valence-corrected chi connectivity index (χ1v) is 6.16. The van der Waals surface area contributed by atoms with Crippen LogP contribution in [0.3, 0.4) is 0 Å². The summed E-state index contributed by atoms with van der Waals surface area (Å²) in [6.45, 7) is 0.159. The zero-order chi connectivity index (χ0) is 15.4. The number of nitrogens with one attached hydrogen (secondary N) is 1. The van der Waals surface area contributed by atoms with Gasteiger partial charge in [0, 0.05) is 0 Å². The Labute approximate surface area is 120 Å². The van der Waals surface area contributed by atoms with Crippen LogP contribution in [0.25, 0.3) is 0 Å². The Hall–Kier alpha value is -2.77. The van der Waals surface area contributed by atoms with E-state index in [1.165, 1.54) is 24.1 Å². The average molecular weight is 294 g/mol. The molecule has 112 valence electrons. The van der Waals surface area contributed by atoms with Gasteiger partial charge in [0.2, 0.25) is 0 Å². The molecule has 0 aromatic heterocycles. The Bertz CT molecular complexity index is 586. The summed E-state index contributed by atoms with van der Waals surface area (Å²) in [5.41, 5.74) is 0.335. The number of hydrogen-bond donors (Lipinski definition) is 2. The van der Waals surface area contributed by atoms with E-state index in [9.17, 15) is 14.4 Å². The molecule has 1 aliphatic rings. The molecule has 2 amide bonds. The topological polar surface area (TPSA) is 105 Å². The lowest BCUT2D eigenvalue weighted by atomic mass is 10.1. The van der Waals surface area contributed by atoms with Crippen molar-refractivity contribution in [3.8, 4) is 5.75 Å². The van der Waals surface area contributed by atoms with Gasteiger partial charge in [0.15, 0.2) is 5.75 Å². The Morgan fingerprint density at radius 2 is 2.19 bits per heavy atom. The number of carbonyl (C=O) groups excluding carboxylic acids is 2. The molecular formula is C13H14N2O6. The number of carboxylic acids is 1. The summed E-state index contributed by atoms with van der Waals surface area (Å²) in [7, 11) is 1.22. The van der Waals surface area contributed by atoms with E-state index >= 15 is 0 Å². The molecule has 21 heavy (non-hydrogen) atoms. The van der Waals surface area contributed by atoms with Crippen LogP contribution in [-0.4, -0.2) is 49.9 Å². The second-order valence-electron chi connectivity index (χ2n) is 4.19. The predicted molar refractivity (Wildman–Crippen MR) is 71.7 cm³/mol. The van der Waals surface area contributed by atoms with E-state index in [4.69, 9.17) is 9.84 Å². The Balaban J connectivity index is 2.22. The number of hydrogen-bond acceptors (Lipinski definition) is 5. The van der Waals surface area contributed by atoms with Crippen LogP contribution < -0.4 is 15.0 Å². The number of anilines is 1. The van der Waals surface area contributed by atoms with Gasteiger partial charge in [-0.15, -0.1) is 0 Å². The minimum Gasteiger partial charge on any atom is -0.489 e. The van der Waals surface area contributed by atoms with Gasteiger partial charge in [0.25, 0.3) is 0 Å². The normalized spacial score (nSPS) is 12.9. The van der Waals surface area contributed by atoms with Gasteiger partial charge >= 0.3 is 18.0 Å². The molecule has 0 radical (unpaired) electrons. The van der Waals surface area contributed by atoms with E-state index in [0.717, 1.165) is 0 Å². The predicted octanol–water partition coefficient (Wildman–Crippen LogP) is 0.466.